The van der Waals surface area contributed by atoms with Crippen molar-refractivity contribution in [2.24, 2.45) is 0 Å². The average molecular weight is 398 g/mol. The maximum absolute atomic E-state index is 12.3. The quantitative estimate of drug-likeness (QED) is 0.610. The molecule has 1 aliphatic heterocycles. The molecule has 28 heavy (non-hydrogen) atoms. The second kappa shape index (κ2) is 8.62. The number of benzene rings is 1. The highest BCUT2D eigenvalue weighted by atomic mass is 32.2. The second-order valence-corrected chi connectivity index (χ2v) is 7.64. The number of imidazole rings is 1. The SMILES string of the molecule is Cc1cc(NC(=O)CSc2ncc(-c3ccccc3)n2C[C@@H]2CCCO2)no1. The number of anilines is 1. The summed E-state index contributed by atoms with van der Waals surface area (Å²) in [4.78, 5) is 16.8. The Morgan fingerprint density at radius 1 is 1.36 bits per heavy atom. The zero-order valence-electron chi connectivity index (χ0n) is 15.6. The molecule has 8 heteroatoms. The van der Waals surface area contributed by atoms with Gasteiger partial charge >= 0.3 is 0 Å². The van der Waals surface area contributed by atoms with Crippen molar-refractivity contribution in [1.29, 1.82) is 0 Å². The van der Waals surface area contributed by atoms with Crippen LogP contribution >= 0.6 is 11.8 Å². The van der Waals surface area contributed by atoms with Gasteiger partial charge in [0.1, 0.15) is 5.76 Å². The van der Waals surface area contributed by atoms with E-state index in [1.165, 1.54) is 11.8 Å². The molecule has 3 aromatic rings. The van der Waals surface area contributed by atoms with Crippen molar-refractivity contribution >= 4 is 23.5 Å². The second-order valence-electron chi connectivity index (χ2n) is 6.70. The standard InChI is InChI=1S/C20H22N4O3S/c1-14-10-18(23-27-14)22-19(25)13-28-20-21-11-17(15-6-3-2-4-7-15)24(20)12-16-8-5-9-26-16/h2-4,6-7,10-11,16H,5,8-9,12-13H2,1H3,(H,22,23,25)/t16-/m0/s1. The van der Waals surface area contributed by atoms with Crippen LogP contribution in [0.3, 0.4) is 0 Å². The summed E-state index contributed by atoms with van der Waals surface area (Å²) in [6.45, 7) is 3.32. The molecule has 0 aliphatic carbocycles. The summed E-state index contributed by atoms with van der Waals surface area (Å²) in [7, 11) is 0. The molecular formula is C20H22N4O3S. The molecule has 0 spiro atoms. The number of carbonyl (C=O) groups excluding carboxylic acids is 1. The third-order valence-electron chi connectivity index (χ3n) is 4.53. The summed E-state index contributed by atoms with van der Waals surface area (Å²) < 4.78 is 13.0. The van der Waals surface area contributed by atoms with Gasteiger partial charge in [0.2, 0.25) is 5.91 Å². The van der Waals surface area contributed by atoms with E-state index in [9.17, 15) is 4.79 Å². The minimum atomic E-state index is -0.147. The van der Waals surface area contributed by atoms with Crippen LogP contribution < -0.4 is 5.32 Å². The predicted octanol–water partition coefficient (Wildman–Crippen LogP) is 3.76. The molecule has 1 aromatic carbocycles. The first-order chi connectivity index (χ1) is 13.7. The summed E-state index contributed by atoms with van der Waals surface area (Å²) in [5, 5.41) is 7.33. The Bertz CT molecular complexity index is 932. The van der Waals surface area contributed by atoms with E-state index in [4.69, 9.17) is 9.26 Å². The first kappa shape index (κ1) is 18.8. The number of ether oxygens (including phenoxy) is 1. The fourth-order valence-electron chi connectivity index (χ4n) is 3.22. The lowest BCUT2D eigenvalue weighted by Gasteiger charge is -2.16. The van der Waals surface area contributed by atoms with Crippen molar-refractivity contribution < 1.29 is 14.1 Å². The predicted molar refractivity (Wildman–Crippen MR) is 107 cm³/mol. The Kier molecular flexibility index (Phi) is 5.78. The topological polar surface area (TPSA) is 82.2 Å². The van der Waals surface area contributed by atoms with Gasteiger partial charge < -0.3 is 19.1 Å². The van der Waals surface area contributed by atoms with E-state index >= 15 is 0 Å². The lowest BCUT2D eigenvalue weighted by atomic mass is 10.1. The van der Waals surface area contributed by atoms with Crippen molar-refractivity contribution in [3.8, 4) is 11.3 Å². The summed E-state index contributed by atoms with van der Waals surface area (Å²) in [6, 6.07) is 11.8. The molecule has 1 atom stereocenters. The molecular weight excluding hydrogens is 376 g/mol. The van der Waals surface area contributed by atoms with Crippen LogP contribution in [0.5, 0.6) is 0 Å². The molecule has 1 N–H and O–H groups in total. The highest BCUT2D eigenvalue weighted by molar-refractivity contribution is 7.99. The minimum absolute atomic E-state index is 0.147. The minimum Gasteiger partial charge on any atom is -0.376 e. The fourth-order valence-corrected chi connectivity index (χ4v) is 4.00. The Hall–Kier alpha value is -2.58. The molecule has 1 aliphatic rings. The van der Waals surface area contributed by atoms with E-state index < -0.39 is 0 Å². The molecule has 0 bridgehead atoms. The molecule has 0 saturated carbocycles. The van der Waals surface area contributed by atoms with Crippen molar-refractivity contribution in [2.45, 2.75) is 37.6 Å². The number of thioether (sulfide) groups is 1. The van der Waals surface area contributed by atoms with Crippen molar-refractivity contribution in [3.63, 3.8) is 0 Å². The monoisotopic (exact) mass is 398 g/mol. The Morgan fingerprint density at radius 2 is 2.21 bits per heavy atom. The van der Waals surface area contributed by atoms with E-state index in [0.717, 1.165) is 42.4 Å². The van der Waals surface area contributed by atoms with Crippen LogP contribution in [0.25, 0.3) is 11.3 Å². The van der Waals surface area contributed by atoms with Gasteiger partial charge in [0, 0.05) is 12.7 Å². The third-order valence-corrected chi connectivity index (χ3v) is 5.52. The van der Waals surface area contributed by atoms with E-state index in [1.807, 2.05) is 24.4 Å². The van der Waals surface area contributed by atoms with Gasteiger partial charge in [0.05, 0.1) is 30.3 Å². The molecule has 146 valence electrons. The molecule has 0 radical (unpaired) electrons. The van der Waals surface area contributed by atoms with Gasteiger partial charge in [-0.3, -0.25) is 4.79 Å². The number of amides is 1. The summed E-state index contributed by atoms with van der Waals surface area (Å²) >= 11 is 1.41. The van der Waals surface area contributed by atoms with Crippen molar-refractivity contribution in [3.05, 3.63) is 48.4 Å². The average Bonchev–Trinajstić information content (AvgIpc) is 3.44. The molecule has 3 heterocycles. The van der Waals surface area contributed by atoms with Gasteiger partial charge in [-0.1, -0.05) is 47.3 Å². The van der Waals surface area contributed by atoms with Crippen LogP contribution in [0, 0.1) is 6.92 Å². The number of rotatable bonds is 7. The smallest absolute Gasteiger partial charge is 0.236 e. The highest BCUT2D eigenvalue weighted by Crippen LogP contribution is 2.28. The summed E-state index contributed by atoms with van der Waals surface area (Å²) in [5.41, 5.74) is 2.13. The van der Waals surface area contributed by atoms with E-state index in [-0.39, 0.29) is 17.8 Å². The molecule has 1 amide bonds. The Labute approximate surface area is 167 Å². The van der Waals surface area contributed by atoms with Crippen molar-refractivity contribution in [1.82, 2.24) is 14.7 Å². The number of aryl methyl sites for hydroxylation is 1. The Morgan fingerprint density at radius 3 is 2.93 bits per heavy atom. The molecule has 1 saturated heterocycles. The molecule has 2 aromatic heterocycles. The third kappa shape index (κ3) is 4.45. The lowest BCUT2D eigenvalue weighted by molar-refractivity contribution is -0.113. The van der Waals surface area contributed by atoms with Gasteiger partial charge in [-0.2, -0.15) is 0 Å². The number of carbonyl (C=O) groups is 1. The maximum atomic E-state index is 12.3. The van der Waals surface area contributed by atoms with Crippen LogP contribution in [-0.2, 0) is 16.1 Å². The largest absolute Gasteiger partial charge is 0.376 e. The number of hydrogen-bond acceptors (Lipinski definition) is 6. The molecule has 0 unspecified atom stereocenters. The highest BCUT2D eigenvalue weighted by Gasteiger charge is 2.21. The van der Waals surface area contributed by atoms with Crippen LogP contribution in [0.15, 0.2) is 52.3 Å². The number of nitrogens with one attached hydrogen (secondary N) is 1. The molecule has 1 fully saturated rings. The van der Waals surface area contributed by atoms with E-state index in [2.05, 4.69) is 32.2 Å². The Balaban J connectivity index is 1.49. The number of aromatic nitrogens is 3. The van der Waals surface area contributed by atoms with Gasteiger partial charge in [-0.25, -0.2) is 4.98 Å². The molecule has 7 nitrogen and oxygen atoms in total. The van der Waals surface area contributed by atoms with Crippen LogP contribution in [0.1, 0.15) is 18.6 Å². The normalized spacial score (nSPS) is 16.4. The first-order valence-corrected chi connectivity index (χ1v) is 10.3. The van der Waals surface area contributed by atoms with Gasteiger partial charge in [0.15, 0.2) is 11.0 Å². The van der Waals surface area contributed by atoms with E-state index in [0.29, 0.717) is 11.6 Å². The van der Waals surface area contributed by atoms with Crippen LogP contribution in [-0.4, -0.2) is 39.1 Å². The summed E-state index contributed by atoms with van der Waals surface area (Å²) in [6.07, 6.45) is 4.18. The zero-order chi connectivity index (χ0) is 19.3. The van der Waals surface area contributed by atoms with Gasteiger partial charge in [-0.15, -0.1) is 0 Å². The zero-order valence-corrected chi connectivity index (χ0v) is 16.4. The first-order valence-electron chi connectivity index (χ1n) is 9.27. The van der Waals surface area contributed by atoms with Gasteiger partial charge in [-0.05, 0) is 25.3 Å². The maximum Gasteiger partial charge on any atom is 0.236 e. The van der Waals surface area contributed by atoms with Gasteiger partial charge in [0.25, 0.3) is 0 Å². The van der Waals surface area contributed by atoms with Crippen molar-refractivity contribution in [2.75, 3.05) is 17.7 Å². The molecule has 4 rings (SSSR count). The number of nitrogens with zero attached hydrogens (tertiary/aromatic N) is 3. The van der Waals surface area contributed by atoms with Crippen LogP contribution in [0.2, 0.25) is 0 Å². The van der Waals surface area contributed by atoms with E-state index in [1.54, 1.807) is 13.0 Å². The lowest BCUT2D eigenvalue weighted by Crippen LogP contribution is -2.18. The summed E-state index contributed by atoms with van der Waals surface area (Å²) in [5.74, 6) is 1.17. The number of hydrogen-bond donors (Lipinski definition) is 1. The van der Waals surface area contributed by atoms with Crippen LogP contribution in [0.4, 0.5) is 5.82 Å². The fraction of sp³-hybridized carbons (Fsp3) is 0.350.